The highest BCUT2D eigenvalue weighted by atomic mass is 32.1. The molecule has 1 aromatic heterocycles. The van der Waals surface area contributed by atoms with E-state index in [1.54, 1.807) is 6.07 Å². The zero-order valence-electron chi connectivity index (χ0n) is 16.0. The number of anilines is 2. The van der Waals surface area contributed by atoms with E-state index in [0.717, 1.165) is 11.3 Å². The summed E-state index contributed by atoms with van der Waals surface area (Å²) < 4.78 is 28.5. The number of amides is 2. The van der Waals surface area contributed by atoms with Crippen LogP contribution in [-0.2, 0) is 15.0 Å². The maximum absolute atomic E-state index is 14.6. The highest BCUT2D eigenvalue weighted by molar-refractivity contribution is 7.15. The second-order valence-corrected chi connectivity index (χ2v) is 8.47. The van der Waals surface area contributed by atoms with E-state index >= 15 is 0 Å². The summed E-state index contributed by atoms with van der Waals surface area (Å²) in [6, 6.07) is 9.48. The van der Waals surface area contributed by atoms with Crippen molar-refractivity contribution in [3.05, 3.63) is 69.4 Å². The van der Waals surface area contributed by atoms with E-state index in [-0.39, 0.29) is 28.1 Å². The molecular formula is C22H14F2N2O4S. The van der Waals surface area contributed by atoms with E-state index in [1.165, 1.54) is 48.3 Å². The molecule has 2 aliphatic heterocycles. The molecule has 5 rings (SSSR count). The van der Waals surface area contributed by atoms with Crippen LogP contribution in [0.5, 0.6) is 0 Å². The molecule has 156 valence electrons. The van der Waals surface area contributed by atoms with Crippen molar-refractivity contribution in [2.24, 2.45) is 0 Å². The lowest BCUT2D eigenvalue weighted by molar-refractivity contribution is -0.126. The van der Waals surface area contributed by atoms with Gasteiger partial charge in [-0.1, -0.05) is 24.3 Å². The van der Waals surface area contributed by atoms with Gasteiger partial charge in [-0.15, -0.1) is 11.3 Å². The van der Waals surface area contributed by atoms with Crippen molar-refractivity contribution in [1.82, 2.24) is 0 Å². The third-order valence-electron chi connectivity index (χ3n) is 5.77. The molecule has 0 unspecified atom stereocenters. The van der Waals surface area contributed by atoms with Crippen molar-refractivity contribution in [2.75, 3.05) is 17.3 Å². The van der Waals surface area contributed by atoms with Gasteiger partial charge >= 0.3 is 5.97 Å². The standard InChI is InChI=1S/C22H14F2N2O4S/c1-26-14-8-10(23)6-7-12(14)22(21(26)30)9-15(27)25-17-16(11-4-2-3-5-13(11)24)18(20(28)29)31-19(17)22/h2-8H,9H2,1H3,(H,25,27)(H,28,29)/t22-/m1/s1. The Kier molecular flexibility index (Phi) is 4.03. The molecule has 0 aliphatic carbocycles. The Morgan fingerprint density at radius 3 is 2.65 bits per heavy atom. The smallest absolute Gasteiger partial charge is 0.346 e. The summed E-state index contributed by atoms with van der Waals surface area (Å²) >= 11 is 0.823. The number of aromatic carboxylic acids is 1. The normalized spacial score (nSPS) is 19.4. The number of carbonyl (C=O) groups excluding carboxylic acids is 2. The van der Waals surface area contributed by atoms with Crippen LogP contribution in [0.15, 0.2) is 42.5 Å². The number of benzene rings is 2. The quantitative estimate of drug-likeness (QED) is 0.631. The third-order valence-corrected chi connectivity index (χ3v) is 7.11. The Bertz CT molecular complexity index is 1320. The zero-order chi connectivity index (χ0) is 22.1. The molecule has 0 saturated heterocycles. The van der Waals surface area contributed by atoms with Gasteiger partial charge in [0.2, 0.25) is 11.8 Å². The average Bonchev–Trinajstić information content (AvgIpc) is 3.20. The Labute approximate surface area is 178 Å². The number of nitrogens with one attached hydrogen (secondary N) is 1. The molecule has 2 aliphatic rings. The van der Waals surface area contributed by atoms with Crippen LogP contribution in [0.1, 0.15) is 26.5 Å². The van der Waals surface area contributed by atoms with Crippen LogP contribution < -0.4 is 10.2 Å². The molecule has 2 aromatic carbocycles. The molecule has 31 heavy (non-hydrogen) atoms. The van der Waals surface area contributed by atoms with Gasteiger partial charge in [0.15, 0.2) is 0 Å². The first kappa shape index (κ1) is 19.4. The first-order chi connectivity index (χ1) is 14.8. The van der Waals surface area contributed by atoms with Crippen LogP contribution in [0.4, 0.5) is 20.2 Å². The van der Waals surface area contributed by atoms with Gasteiger partial charge in [0, 0.05) is 18.2 Å². The molecule has 1 spiro atoms. The summed E-state index contributed by atoms with van der Waals surface area (Å²) in [5, 5.41) is 12.5. The second kappa shape index (κ2) is 6.45. The number of hydrogen-bond acceptors (Lipinski definition) is 4. The number of rotatable bonds is 2. The number of thiophene rings is 1. The number of fused-ring (bicyclic) bond motifs is 4. The molecule has 0 fully saturated rings. The Morgan fingerprint density at radius 1 is 1.19 bits per heavy atom. The summed E-state index contributed by atoms with van der Waals surface area (Å²) in [5.74, 6) is -3.49. The van der Waals surface area contributed by atoms with Gasteiger partial charge in [-0.05, 0) is 23.8 Å². The topological polar surface area (TPSA) is 86.7 Å². The van der Waals surface area contributed by atoms with Crippen LogP contribution >= 0.6 is 11.3 Å². The lowest BCUT2D eigenvalue weighted by atomic mass is 9.74. The first-order valence-electron chi connectivity index (χ1n) is 9.29. The molecule has 0 saturated carbocycles. The average molecular weight is 440 g/mol. The van der Waals surface area contributed by atoms with Crippen LogP contribution in [0.2, 0.25) is 0 Å². The summed E-state index contributed by atoms with van der Waals surface area (Å²) in [6.07, 6.45) is -0.266. The Hall–Kier alpha value is -3.59. The van der Waals surface area contributed by atoms with Crippen LogP contribution in [0.25, 0.3) is 11.1 Å². The molecule has 0 radical (unpaired) electrons. The van der Waals surface area contributed by atoms with Crippen molar-refractivity contribution in [3.63, 3.8) is 0 Å². The van der Waals surface area contributed by atoms with Crippen LogP contribution in [0.3, 0.4) is 0 Å². The van der Waals surface area contributed by atoms with Crippen LogP contribution in [-0.4, -0.2) is 29.9 Å². The van der Waals surface area contributed by atoms with Gasteiger partial charge in [0.05, 0.1) is 22.7 Å². The van der Waals surface area contributed by atoms with Gasteiger partial charge < -0.3 is 15.3 Å². The number of likely N-dealkylation sites (N-methyl/N-ethyl adjacent to an activating group) is 1. The fraction of sp³-hybridized carbons (Fsp3) is 0.136. The number of carboxylic acid groups (broad SMARTS) is 1. The van der Waals surface area contributed by atoms with Crippen molar-refractivity contribution in [2.45, 2.75) is 11.8 Å². The van der Waals surface area contributed by atoms with Crippen LogP contribution in [0, 0.1) is 11.6 Å². The largest absolute Gasteiger partial charge is 0.477 e. The predicted octanol–water partition coefficient (Wildman–Crippen LogP) is 4.00. The van der Waals surface area contributed by atoms with Gasteiger partial charge in [-0.3, -0.25) is 9.59 Å². The maximum Gasteiger partial charge on any atom is 0.346 e. The summed E-state index contributed by atoms with van der Waals surface area (Å²) in [4.78, 5) is 39.7. The van der Waals surface area contributed by atoms with Crippen molar-refractivity contribution >= 4 is 40.5 Å². The monoisotopic (exact) mass is 440 g/mol. The fourth-order valence-electron chi connectivity index (χ4n) is 4.47. The van der Waals surface area contributed by atoms with Crippen molar-refractivity contribution in [1.29, 1.82) is 0 Å². The number of hydrogen-bond donors (Lipinski definition) is 2. The van der Waals surface area contributed by atoms with E-state index in [1.807, 2.05) is 0 Å². The van der Waals surface area contributed by atoms with Gasteiger partial charge in [0.1, 0.15) is 21.9 Å². The number of carbonyl (C=O) groups is 3. The molecule has 3 heterocycles. The number of halogens is 2. The summed E-state index contributed by atoms with van der Waals surface area (Å²) in [7, 11) is 1.48. The molecule has 3 aromatic rings. The van der Waals surface area contributed by atoms with E-state index in [9.17, 15) is 28.3 Å². The van der Waals surface area contributed by atoms with E-state index in [0.29, 0.717) is 16.1 Å². The summed E-state index contributed by atoms with van der Waals surface area (Å²) in [6.45, 7) is 0. The Morgan fingerprint density at radius 2 is 1.94 bits per heavy atom. The Balaban J connectivity index is 1.88. The SMILES string of the molecule is CN1C(=O)[C@]2(CC(=O)Nc3c2sc(C(=O)O)c3-c2ccccc2F)c2ccc(F)cc21. The fourth-order valence-corrected chi connectivity index (χ4v) is 5.78. The zero-order valence-corrected chi connectivity index (χ0v) is 16.8. The van der Waals surface area contributed by atoms with Crippen molar-refractivity contribution < 1.29 is 28.3 Å². The molecule has 2 amide bonds. The highest BCUT2D eigenvalue weighted by Crippen LogP contribution is 2.57. The minimum atomic E-state index is -1.51. The van der Waals surface area contributed by atoms with E-state index < -0.39 is 34.8 Å². The first-order valence-corrected chi connectivity index (χ1v) is 10.1. The summed E-state index contributed by atoms with van der Waals surface area (Å²) in [5.41, 5.74) is -0.660. The lowest BCUT2D eigenvalue weighted by Crippen LogP contribution is -2.45. The molecule has 0 bridgehead atoms. The van der Waals surface area contributed by atoms with Crippen molar-refractivity contribution in [3.8, 4) is 11.1 Å². The molecule has 6 nitrogen and oxygen atoms in total. The van der Waals surface area contributed by atoms with E-state index in [2.05, 4.69) is 5.32 Å². The third kappa shape index (κ3) is 2.50. The lowest BCUT2D eigenvalue weighted by Gasteiger charge is -2.32. The molecule has 2 N–H and O–H groups in total. The predicted molar refractivity (Wildman–Crippen MR) is 111 cm³/mol. The molecule has 1 atom stereocenters. The van der Waals surface area contributed by atoms with E-state index in [4.69, 9.17) is 0 Å². The second-order valence-electron chi connectivity index (χ2n) is 7.45. The minimum Gasteiger partial charge on any atom is -0.477 e. The number of carboxylic acids is 1. The maximum atomic E-state index is 14.6. The van der Waals surface area contributed by atoms with Gasteiger partial charge in [-0.2, -0.15) is 0 Å². The highest BCUT2D eigenvalue weighted by Gasteiger charge is 2.57. The molecule has 9 heteroatoms. The van der Waals surface area contributed by atoms with Gasteiger partial charge in [0.25, 0.3) is 0 Å². The molecular weight excluding hydrogens is 426 g/mol. The number of nitrogens with zero attached hydrogens (tertiary/aromatic N) is 1. The van der Waals surface area contributed by atoms with Gasteiger partial charge in [-0.25, -0.2) is 13.6 Å². The minimum absolute atomic E-state index is 0.00730.